The third-order valence-electron chi connectivity index (χ3n) is 5.47. The minimum absolute atomic E-state index is 0.0202. The van der Waals surface area contributed by atoms with Crippen LogP contribution in [0.15, 0.2) is 18.5 Å². The van der Waals surface area contributed by atoms with E-state index in [9.17, 15) is 9.59 Å². The standard InChI is InChI=1S/C19H24N6O2/c1-13-14-7-8-16(26)23(2)19(14)22-18(21-13)15-6-3-4-11-25(15)17(27)12-24-10-5-9-20-24/h5,9-10,15H,3-4,6-8,11-12H2,1-2H3/t15-/m1/s1. The lowest BCUT2D eigenvalue weighted by Crippen LogP contribution is -2.41. The quantitative estimate of drug-likeness (QED) is 0.822. The molecule has 1 fully saturated rings. The van der Waals surface area contributed by atoms with E-state index in [1.807, 2.05) is 17.9 Å². The van der Waals surface area contributed by atoms with Gasteiger partial charge in [0.15, 0.2) is 5.82 Å². The highest BCUT2D eigenvalue weighted by Crippen LogP contribution is 2.33. The Bertz CT molecular complexity index is 863. The third-order valence-corrected chi connectivity index (χ3v) is 5.47. The molecule has 1 saturated heterocycles. The van der Waals surface area contributed by atoms with Crippen molar-refractivity contribution in [3.63, 3.8) is 0 Å². The van der Waals surface area contributed by atoms with Crippen LogP contribution < -0.4 is 4.90 Å². The second-order valence-corrected chi connectivity index (χ2v) is 7.22. The van der Waals surface area contributed by atoms with Crippen LogP contribution in [0, 0.1) is 6.92 Å². The predicted octanol–water partition coefficient (Wildman–Crippen LogP) is 1.64. The number of amides is 2. The third kappa shape index (κ3) is 3.31. The molecule has 2 aromatic rings. The summed E-state index contributed by atoms with van der Waals surface area (Å²) in [5.41, 5.74) is 1.94. The molecule has 8 nitrogen and oxygen atoms in total. The number of fused-ring (bicyclic) bond motifs is 1. The van der Waals surface area contributed by atoms with Crippen molar-refractivity contribution >= 4 is 17.6 Å². The zero-order chi connectivity index (χ0) is 19.0. The Labute approximate surface area is 158 Å². The van der Waals surface area contributed by atoms with Gasteiger partial charge in [-0.15, -0.1) is 0 Å². The average Bonchev–Trinajstić information content (AvgIpc) is 3.18. The summed E-state index contributed by atoms with van der Waals surface area (Å²) in [6, 6.07) is 1.65. The molecule has 2 aliphatic heterocycles. The minimum atomic E-state index is -0.156. The van der Waals surface area contributed by atoms with E-state index in [4.69, 9.17) is 9.97 Å². The number of likely N-dealkylation sites (tertiary alicyclic amines) is 1. The molecule has 2 amide bonds. The molecule has 1 atom stereocenters. The summed E-state index contributed by atoms with van der Waals surface area (Å²) in [5, 5.41) is 4.13. The zero-order valence-corrected chi connectivity index (χ0v) is 15.8. The molecular weight excluding hydrogens is 344 g/mol. The lowest BCUT2D eigenvalue weighted by Gasteiger charge is -2.36. The molecule has 0 N–H and O–H groups in total. The van der Waals surface area contributed by atoms with Gasteiger partial charge in [-0.3, -0.25) is 19.2 Å². The number of carbonyl (C=O) groups excluding carboxylic acids is 2. The highest BCUT2D eigenvalue weighted by Gasteiger charge is 2.33. The molecule has 2 aromatic heterocycles. The van der Waals surface area contributed by atoms with Crippen LogP contribution >= 0.6 is 0 Å². The van der Waals surface area contributed by atoms with Crippen LogP contribution in [-0.2, 0) is 22.6 Å². The summed E-state index contributed by atoms with van der Waals surface area (Å²) in [6.07, 6.45) is 7.47. The number of hydrogen-bond donors (Lipinski definition) is 0. The second kappa shape index (κ2) is 7.09. The molecular formula is C19H24N6O2. The van der Waals surface area contributed by atoms with Crippen molar-refractivity contribution in [2.75, 3.05) is 18.5 Å². The highest BCUT2D eigenvalue weighted by molar-refractivity contribution is 5.94. The fourth-order valence-electron chi connectivity index (χ4n) is 3.96. The normalized spacial score (nSPS) is 19.9. The minimum Gasteiger partial charge on any atom is -0.331 e. The van der Waals surface area contributed by atoms with Crippen molar-refractivity contribution < 1.29 is 9.59 Å². The van der Waals surface area contributed by atoms with Crippen molar-refractivity contribution in [1.82, 2.24) is 24.6 Å². The summed E-state index contributed by atoms with van der Waals surface area (Å²) in [7, 11) is 1.76. The molecule has 8 heteroatoms. The van der Waals surface area contributed by atoms with Gasteiger partial charge < -0.3 is 4.90 Å². The van der Waals surface area contributed by atoms with Crippen LogP contribution in [0.5, 0.6) is 0 Å². The van der Waals surface area contributed by atoms with Crippen molar-refractivity contribution in [1.29, 1.82) is 0 Å². The monoisotopic (exact) mass is 368 g/mol. The molecule has 4 heterocycles. The Morgan fingerprint density at radius 3 is 2.89 bits per heavy atom. The fraction of sp³-hybridized carbons (Fsp3) is 0.526. The van der Waals surface area contributed by atoms with Crippen molar-refractivity contribution in [2.24, 2.45) is 0 Å². The van der Waals surface area contributed by atoms with Crippen molar-refractivity contribution in [2.45, 2.75) is 51.6 Å². The van der Waals surface area contributed by atoms with Crippen LogP contribution in [-0.4, -0.2) is 50.1 Å². The fourth-order valence-corrected chi connectivity index (χ4v) is 3.96. The Morgan fingerprint density at radius 2 is 2.11 bits per heavy atom. The maximum Gasteiger partial charge on any atom is 0.244 e. The van der Waals surface area contributed by atoms with E-state index >= 15 is 0 Å². The van der Waals surface area contributed by atoms with Crippen LogP contribution in [0.2, 0.25) is 0 Å². The molecule has 142 valence electrons. The predicted molar refractivity (Wildman–Crippen MR) is 99.0 cm³/mol. The Morgan fingerprint density at radius 1 is 1.26 bits per heavy atom. The topological polar surface area (TPSA) is 84.2 Å². The van der Waals surface area contributed by atoms with Crippen LogP contribution in [0.25, 0.3) is 0 Å². The maximum atomic E-state index is 12.9. The average molecular weight is 368 g/mol. The molecule has 0 saturated carbocycles. The second-order valence-electron chi connectivity index (χ2n) is 7.22. The molecule has 4 rings (SSSR count). The molecule has 0 bridgehead atoms. The first-order valence-electron chi connectivity index (χ1n) is 9.45. The van der Waals surface area contributed by atoms with Gasteiger partial charge in [0.2, 0.25) is 11.8 Å². The van der Waals surface area contributed by atoms with E-state index < -0.39 is 0 Å². The van der Waals surface area contributed by atoms with E-state index in [0.29, 0.717) is 31.0 Å². The molecule has 0 aromatic carbocycles. The molecule has 0 radical (unpaired) electrons. The molecule has 2 aliphatic rings. The summed E-state index contributed by atoms with van der Waals surface area (Å²) >= 11 is 0. The van der Waals surface area contributed by atoms with Crippen molar-refractivity contribution in [3.05, 3.63) is 35.5 Å². The van der Waals surface area contributed by atoms with Crippen LogP contribution in [0.4, 0.5) is 5.82 Å². The van der Waals surface area contributed by atoms with Gasteiger partial charge in [0, 0.05) is 43.7 Å². The smallest absolute Gasteiger partial charge is 0.244 e. The highest BCUT2D eigenvalue weighted by atomic mass is 16.2. The van der Waals surface area contributed by atoms with Crippen LogP contribution in [0.1, 0.15) is 48.8 Å². The number of hydrogen-bond acceptors (Lipinski definition) is 5. The number of nitrogens with zero attached hydrogens (tertiary/aromatic N) is 6. The molecule has 0 aliphatic carbocycles. The summed E-state index contributed by atoms with van der Waals surface area (Å²) < 4.78 is 1.64. The first-order valence-corrected chi connectivity index (χ1v) is 9.45. The van der Waals surface area contributed by atoms with Gasteiger partial charge in [0.1, 0.15) is 12.4 Å². The van der Waals surface area contributed by atoms with Crippen molar-refractivity contribution in [3.8, 4) is 0 Å². The SMILES string of the molecule is Cc1nc([C@H]2CCCCN2C(=O)Cn2cccn2)nc2c1CCC(=O)N2C. The van der Waals surface area contributed by atoms with E-state index in [1.54, 1.807) is 29.0 Å². The van der Waals surface area contributed by atoms with Gasteiger partial charge in [0.25, 0.3) is 0 Å². The molecule has 27 heavy (non-hydrogen) atoms. The summed E-state index contributed by atoms with van der Waals surface area (Å²) in [5.74, 6) is 1.42. The number of carbonyl (C=O) groups is 2. The van der Waals surface area contributed by atoms with Gasteiger partial charge in [-0.05, 0) is 38.7 Å². The van der Waals surface area contributed by atoms with E-state index in [2.05, 4.69) is 5.10 Å². The Kier molecular flexibility index (Phi) is 4.63. The Balaban J connectivity index is 1.65. The van der Waals surface area contributed by atoms with E-state index in [1.165, 1.54) is 0 Å². The Hall–Kier alpha value is -2.77. The van der Waals surface area contributed by atoms with E-state index in [0.717, 1.165) is 30.5 Å². The maximum absolute atomic E-state index is 12.9. The number of aryl methyl sites for hydroxylation is 1. The zero-order valence-electron chi connectivity index (χ0n) is 15.8. The lowest BCUT2D eigenvalue weighted by atomic mass is 9.99. The van der Waals surface area contributed by atoms with Gasteiger partial charge >= 0.3 is 0 Å². The number of aromatic nitrogens is 4. The van der Waals surface area contributed by atoms with Gasteiger partial charge in [-0.1, -0.05) is 0 Å². The number of anilines is 1. The molecule has 0 unspecified atom stereocenters. The number of piperidine rings is 1. The first kappa shape index (κ1) is 17.6. The largest absolute Gasteiger partial charge is 0.331 e. The molecule has 0 spiro atoms. The summed E-state index contributed by atoms with van der Waals surface area (Å²) in [6.45, 7) is 2.87. The number of rotatable bonds is 3. The van der Waals surface area contributed by atoms with E-state index in [-0.39, 0.29) is 24.4 Å². The summed E-state index contributed by atoms with van der Waals surface area (Å²) in [4.78, 5) is 37.9. The van der Waals surface area contributed by atoms with Crippen LogP contribution in [0.3, 0.4) is 0 Å². The lowest BCUT2D eigenvalue weighted by molar-refractivity contribution is -0.136. The van der Waals surface area contributed by atoms with Gasteiger partial charge in [0.05, 0.1) is 6.04 Å². The first-order chi connectivity index (χ1) is 13.0. The van der Waals surface area contributed by atoms with Gasteiger partial charge in [-0.25, -0.2) is 9.97 Å². The van der Waals surface area contributed by atoms with Gasteiger partial charge in [-0.2, -0.15) is 5.10 Å².